The first-order chi connectivity index (χ1) is 7.22. The van der Waals surface area contributed by atoms with Gasteiger partial charge in [-0.25, -0.2) is 0 Å². The number of rotatable bonds is 6. The summed E-state index contributed by atoms with van der Waals surface area (Å²) >= 11 is 7.04. The van der Waals surface area contributed by atoms with Gasteiger partial charge >= 0.3 is 0 Å². The molecule has 15 heavy (non-hydrogen) atoms. The number of hydrogen-bond donors (Lipinski definition) is 1. The Morgan fingerprint density at radius 1 is 1.13 bits per heavy atom. The lowest BCUT2D eigenvalue weighted by atomic mass is 10.1. The number of hydrogen-bond acceptors (Lipinski definition) is 1. The molecular formula is C12H16Br2O. The fourth-order valence-electron chi connectivity index (χ4n) is 1.43. The highest BCUT2D eigenvalue weighted by Crippen LogP contribution is 2.15. The second-order valence-electron chi connectivity index (χ2n) is 3.66. The molecule has 1 atom stereocenters. The third kappa shape index (κ3) is 5.57. The van der Waals surface area contributed by atoms with Gasteiger partial charge in [0.25, 0.3) is 0 Å². The molecule has 1 rings (SSSR count). The van der Waals surface area contributed by atoms with E-state index >= 15 is 0 Å². The molecule has 0 aliphatic rings. The maximum Gasteiger partial charge on any atom is 0.115 e. The summed E-state index contributed by atoms with van der Waals surface area (Å²) in [6.07, 6.45) is 4.76. The minimum absolute atomic E-state index is 0.346. The molecule has 0 spiro atoms. The van der Waals surface area contributed by atoms with Crippen molar-refractivity contribution in [3.05, 3.63) is 29.8 Å². The molecule has 0 amide bonds. The van der Waals surface area contributed by atoms with Crippen LogP contribution in [0.5, 0.6) is 5.75 Å². The SMILES string of the molecule is Oc1ccc(CCCCC(Br)CBr)cc1. The minimum atomic E-state index is 0.346. The van der Waals surface area contributed by atoms with Crippen LogP contribution < -0.4 is 0 Å². The van der Waals surface area contributed by atoms with E-state index in [1.165, 1.54) is 24.8 Å². The zero-order chi connectivity index (χ0) is 11.1. The molecule has 1 N–H and O–H groups in total. The van der Waals surface area contributed by atoms with Crippen molar-refractivity contribution < 1.29 is 5.11 Å². The molecule has 1 unspecified atom stereocenters. The molecule has 0 heterocycles. The lowest BCUT2D eigenvalue weighted by molar-refractivity contribution is 0.475. The number of phenols is 1. The Morgan fingerprint density at radius 2 is 1.80 bits per heavy atom. The van der Waals surface area contributed by atoms with Crippen LogP contribution >= 0.6 is 31.9 Å². The maximum absolute atomic E-state index is 9.12. The molecule has 1 aromatic rings. The third-order valence-corrected chi connectivity index (χ3v) is 4.77. The fraction of sp³-hybridized carbons (Fsp3) is 0.500. The lowest BCUT2D eigenvalue weighted by Crippen LogP contribution is -1.98. The smallest absolute Gasteiger partial charge is 0.115 e. The first-order valence-corrected chi connectivity index (χ1v) is 7.24. The Bertz CT molecular complexity index is 271. The van der Waals surface area contributed by atoms with E-state index in [1.807, 2.05) is 12.1 Å². The van der Waals surface area contributed by atoms with Gasteiger partial charge in [-0.15, -0.1) is 0 Å². The van der Waals surface area contributed by atoms with Crippen LogP contribution in [-0.2, 0) is 6.42 Å². The van der Waals surface area contributed by atoms with E-state index in [4.69, 9.17) is 5.11 Å². The highest BCUT2D eigenvalue weighted by atomic mass is 79.9. The molecule has 0 aliphatic heterocycles. The van der Waals surface area contributed by atoms with E-state index in [0.717, 1.165) is 11.8 Å². The van der Waals surface area contributed by atoms with Gasteiger partial charge in [-0.3, -0.25) is 0 Å². The predicted octanol–water partition coefficient (Wildman–Crippen LogP) is 4.26. The van der Waals surface area contributed by atoms with Gasteiger partial charge < -0.3 is 5.11 Å². The zero-order valence-corrected chi connectivity index (χ0v) is 11.8. The van der Waals surface area contributed by atoms with E-state index in [-0.39, 0.29) is 0 Å². The van der Waals surface area contributed by atoms with Crippen molar-refractivity contribution in [2.45, 2.75) is 30.5 Å². The molecule has 84 valence electrons. The topological polar surface area (TPSA) is 20.2 Å². The van der Waals surface area contributed by atoms with Crippen LogP contribution in [0.25, 0.3) is 0 Å². The molecule has 0 aromatic heterocycles. The van der Waals surface area contributed by atoms with Crippen molar-refractivity contribution in [3.8, 4) is 5.75 Å². The summed E-state index contributed by atoms with van der Waals surface area (Å²) in [5, 5.41) is 10.1. The molecule has 0 saturated heterocycles. The van der Waals surface area contributed by atoms with Crippen molar-refractivity contribution in [2.75, 3.05) is 5.33 Å². The third-order valence-electron chi connectivity index (χ3n) is 2.34. The van der Waals surface area contributed by atoms with Crippen LogP contribution in [0.3, 0.4) is 0 Å². The first-order valence-electron chi connectivity index (χ1n) is 5.20. The summed E-state index contributed by atoms with van der Waals surface area (Å²) in [4.78, 5) is 0.595. The lowest BCUT2D eigenvalue weighted by Gasteiger charge is -2.05. The molecule has 0 saturated carbocycles. The Balaban J connectivity index is 2.17. The highest BCUT2D eigenvalue weighted by Gasteiger charge is 2.01. The van der Waals surface area contributed by atoms with Crippen molar-refractivity contribution in [1.82, 2.24) is 0 Å². The highest BCUT2D eigenvalue weighted by molar-refractivity contribution is 9.12. The Hall–Kier alpha value is -0.0200. The maximum atomic E-state index is 9.12. The molecular weight excluding hydrogens is 320 g/mol. The average molecular weight is 336 g/mol. The Morgan fingerprint density at radius 3 is 2.40 bits per heavy atom. The summed E-state index contributed by atoms with van der Waals surface area (Å²) in [5.74, 6) is 0.346. The number of unbranched alkanes of at least 4 members (excludes halogenated alkanes) is 1. The van der Waals surface area contributed by atoms with E-state index in [2.05, 4.69) is 31.9 Å². The largest absolute Gasteiger partial charge is 0.508 e. The normalized spacial score (nSPS) is 12.7. The van der Waals surface area contributed by atoms with Gasteiger partial charge in [-0.2, -0.15) is 0 Å². The number of aryl methyl sites for hydroxylation is 1. The zero-order valence-electron chi connectivity index (χ0n) is 8.63. The second kappa shape index (κ2) is 7.29. The summed E-state index contributed by atoms with van der Waals surface area (Å²) < 4.78 is 0. The molecule has 1 aromatic carbocycles. The van der Waals surface area contributed by atoms with Crippen LogP contribution in [0.4, 0.5) is 0 Å². The van der Waals surface area contributed by atoms with E-state index < -0.39 is 0 Å². The fourth-order valence-corrected chi connectivity index (χ4v) is 2.08. The second-order valence-corrected chi connectivity index (χ2v) is 5.61. The van der Waals surface area contributed by atoms with Gasteiger partial charge in [-0.05, 0) is 37.0 Å². The van der Waals surface area contributed by atoms with Gasteiger partial charge in [0, 0.05) is 10.2 Å². The number of benzene rings is 1. The van der Waals surface area contributed by atoms with Gasteiger partial charge in [0.2, 0.25) is 0 Å². The molecule has 0 aliphatic carbocycles. The molecule has 0 radical (unpaired) electrons. The molecule has 0 bridgehead atoms. The van der Waals surface area contributed by atoms with Crippen LogP contribution in [0.15, 0.2) is 24.3 Å². The standard InChI is InChI=1S/C12H16Br2O/c13-9-11(14)4-2-1-3-10-5-7-12(15)8-6-10/h5-8,11,15H,1-4,9H2. The van der Waals surface area contributed by atoms with Crippen LogP contribution in [0.2, 0.25) is 0 Å². The van der Waals surface area contributed by atoms with Crippen LogP contribution in [-0.4, -0.2) is 15.3 Å². The molecule has 3 heteroatoms. The van der Waals surface area contributed by atoms with E-state index in [9.17, 15) is 0 Å². The molecule has 1 nitrogen and oxygen atoms in total. The number of alkyl halides is 2. The number of aromatic hydroxyl groups is 1. The number of phenolic OH excluding ortho intramolecular Hbond substituents is 1. The molecule has 0 fully saturated rings. The number of halogens is 2. The van der Waals surface area contributed by atoms with Gasteiger partial charge in [0.05, 0.1) is 0 Å². The van der Waals surface area contributed by atoms with Crippen molar-refractivity contribution in [2.24, 2.45) is 0 Å². The summed E-state index contributed by atoms with van der Waals surface area (Å²) in [7, 11) is 0. The van der Waals surface area contributed by atoms with Crippen LogP contribution in [0.1, 0.15) is 24.8 Å². The summed E-state index contributed by atoms with van der Waals surface area (Å²) in [6.45, 7) is 0. The van der Waals surface area contributed by atoms with Gasteiger partial charge in [0.15, 0.2) is 0 Å². The van der Waals surface area contributed by atoms with E-state index in [1.54, 1.807) is 12.1 Å². The summed E-state index contributed by atoms with van der Waals surface area (Å²) in [6, 6.07) is 7.49. The van der Waals surface area contributed by atoms with Crippen molar-refractivity contribution >= 4 is 31.9 Å². The predicted molar refractivity (Wildman–Crippen MR) is 72.2 cm³/mol. The van der Waals surface area contributed by atoms with Gasteiger partial charge in [-0.1, -0.05) is 50.4 Å². The van der Waals surface area contributed by atoms with E-state index in [0.29, 0.717) is 10.6 Å². The van der Waals surface area contributed by atoms with Crippen molar-refractivity contribution in [3.63, 3.8) is 0 Å². The minimum Gasteiger partial charge on any atom is -0.508 e. The van der Waals surface area contributed by atoms with Gasteiger partial charge in [0.1, 0.15) is 5.75 Å². The first kappa shape index (κ1) is 13.0. The van der Waals surface area contributed by atoms with Crippen LogP contribution in [0, 0.1) is 0 Å². The summed E-state index contributed by atoms with van der Waals surface area (Å²) in [5.41, 5.74) is 1.30. The quantitative estimate of drug-likeness (QED) is 0.608. The average Bonchev–Trinajstić information content (AvgIpc) is 2.26. The van der Waals surface area contributed by atoms with Crippen molar-refractivity contribution in [1.29, 1.82) is 0 Å². The Labute approximate surface area is 108 Å². The monoisotopic (exact) mass is 334 g/mol. The Kier molecular flexibility index (Phi) is 6.34.